The van der Waals surface area contributed by atoms with Gasteiger partial charge < -0.3 is 19.6 Å². The van der Waals surface area contributed by atoms with Crippen LogP contribution in [0.2, 0.25) is 0 Å². The maximum atomic E-state index is 12.9. The van der Waals surface area contributed by atoms with Crippen molar-refractivity contribution in [1.82, 2.24) is 15.1 Å². The largest absolute Gasteiger partial charge is 0.378 e. The average Bonchev–Trinajstić information content (AvgIpc) is 2.75. The standard InChI is InChI=1S/C21H30N6O/c1-5-25(6-2)19-10-11-20(23-22-19)26-12-14-27(15-13-26)21(28)17-8-7-9-18(16-17)24(3)4/h7-11,16H,5-6,12-15H2,1-4H3. The molecule has 0 radical (unpaired) electrons. The maximum Gasteiger partial charge on any atom is 0.254 e. The van der Waals surface area contributed by atoms with Crippen molar-refractivity contribution in [2.24, 2.45) is 0 Å². The number of amides is 1. The van der Waals surface area contributed by atoms with Crippen LogP contribution in [0.3, 0.4) is 0 Å². The molecule has 7 heteroatoms. The molecular weight excluding hydrogens is 352 g/mol. The van der Waals surface area contributed by atoms with Crippen LogP contribution in [-0.4, -0.2) is 74.4 Å². The molecule has 1 fully saturated rings. The van der Waals surface area contributed by atoms with Crippen LogP contribution >= 0.6 is 0 Å². The number of hydrogen-bond acceptors (Lipinski definition) is 6. The predicted molar refractivity (Wildman–Crippen MR) is 114 cm³/mol. The number of anilines is 3. The highest BCUT2D eigenvalue weighted by Gasteiger charge is 2.23. The number of nitrogens with zero attached hydrogens (tertiary/aromatic N) is 6. The Morgan fingerprint density at radius 3 is 2.29 bits per heavy atom. The highest BCUT2D eigenvalue weighted by atomic mass is 16.2. The Hall–Kier alpha value is -2.83. The quantitative estimate of drug-likeness (QED) is 0.764. The fourth-order valence-electron chi connectivity index (χ4n) is 3.44. The summed E-state index contributed by atoms with van der Waals surface area (Å²) in [5, 5.41) is 8.78. The summed E-state index contributed by atoms with van der Waals surface area (Å²) in [5.74, 6) is 1.87. The second kappa shape index (κ2) is 8.91. The third-order valence-corrected chi connectivity index (χ3v) is 5.22. The van der Waals surface area contributed by atoms with Crippen LogP contribution < -0.4 is 14.7 Å². The van der Waals surface area contributed by atoms with Crippen LogP contribution in [0, 0.1) is 0 Å². The average molecular weight is 383 g/mol. The fraction of sp³-hybridized carbons (Fsp3) is 0.476. The van der Waals surface area contributed by atoms with E-state index in [1.807, 2.05) is 60.3 Å². The van der Waals surface area contributed by atoms with Crippen LogP contribution in [0.25, 0.3) is 0 Å². The van der Waals surface area contributed by atoms with Crippen LogP contribution in [0.5, 0.6) is 0 Å². The molecule has 1 aromatic heterocycles. The molecule has 0 atom stereocenters. The lowest BCUT2D eigenvalue weighted by atomic mass is 10.1. The number of piperazine rings is 1. The highest BCUT2D eigenvalue weighted by molar-refractivity contribution is 5.95. The first-order valence-electron chi connectivity index (χ1n) is 9.93. The Balaban J connectivity index is 1.61. The molecular formula is C21H30N6O. The molecule has 1 aliphatic heterocycles. The Kier molecular flexibility index (Phi) is 6.34. The van der Waals surface area contributed by atoms with Gasteiger partial charge in [-0.3, -0.25) is 4.79 Å². The summed E-state index contributed by atoms with van der Waals surface area (Å²) in [6.45, 7) is 8.96. The van der Waals surface area contributed by atoms with Crippen molar-refractivity contribution in [3.05, 3.63) is 42.0 Å². The number of benzene rings is 1. The Bertz CT molecular complexity index is 780. The van der Waals surface area contributed by atoms with E-state index in [9.17, 15) is 4.79 Å². The third kappa shape index (κ3) is 4.35. The maximum absolute atomic E-state index is 12.9. The minimum atomic E-state index is 0.0892. The molecule has 0 N–H and O–H groups in total. The molecule has 1 aliphatic rings. The lowest BCUT2D eigenvalue weighted by Gasteiger charge is -2.35. The van der Waals surface area contributed by atoms with Crippen LogP contribution in [-0.2, 0) is 0 Å². The Morgan fingerprint density at radius 1 is 1.00 bits per heavy atom. The van der Waals surface area contributed by atoms with Crippen molar-refractivity contribution in [2.75, 3.05) is 68.1 Å². The second-order valence-electron chi connectivity index (χ2n) is 7.15. The van der Waals surface area contributed by atoms with Gasteiger partial charge in [-0.15, -0.1) is 10.2 Å². The number of hydrogen-bond donors (Lipinski definition) is 0. The first-order chi connectivity index (χ1) is 13.5. The first kappa shape index (κ1) is 19.9. The topological polar surface area (TPSA) is 55.8 Å². The summed E-state index contributed by atoms with van der Waals surface area (Å²) in [6.07, 6.45) is 0. The lowest BCUT2D eigenvalue weighted by molar-refractivity contribution is 0.0746. The minimum absolute atomic E-state index is 0.0892. The van der Waals surface area contributed by atoms with Crippen LogP contribution in [0.4, 0.5) is 17.3 Å². The van der Waals surface area contributed by atoms with Gasteiger partial charge in [-0.2, -0.15) is 0 Å². The van der Waals surface area contributed by atoms with Crippen molar-refractivity contribution in [2.45, 2.75) is 13.8 Å². The number of carbonyl (C=O) groups is 1. The smallest absolute Gasteiger partial charge is 0.254 e. The molecule has 2 heterocycles. The third-order valence-electron chi connectivity index (χ3n) is 5.22. The highest BCUT2D eigenvalue weighted by Crippen LogP contribution is 2.19. The van der Waals surface area contributed by atoms with Gasteiger partial charge in [0.2, 0.25) is 0 Å². The fourth-order valence-corrected chi connectivity index (χ4v) is 3.44. The minimum Gasteiger partial charge on any atom is -0.378 e. The zero-order valence-electron chi connectivity index (χ0n) is 17.3. The van der Waals surface area contributed by atoms with Gasteiger partial charge in [-0.05, 0) is 44.2 Å². The van der Waals surface area contributed by atoms with Gasteiger partial charge in [0, 0.05) is 64.6 Å². The van der Waals surface area contributed by atoms with E-state index in [-0.39, 0.29) is 5.91 Å². The molecule has 7 nitrogen and oxygen atoms in total. The van der Waals surface area contributed by atoms with E-state index in [4.69, 9.17) is 0 Å². The Morgan fingerprint density at radius 2 is 1.71 bits per heavy atom. The molecule has 1 saturated heterocycles. The molecule has 0 unspecified atom stereocenters. The zero-order chi connectivity index (χ0) is 20.1. The molecule has 0 bridgehead atoms. The summed E-state index contributed by atoms with van der Waals surface area (Å²) in [4.78, 5) is 21.2. The van der Waals surface area contributed by atoms with E-state index < -0.39 is 0 Å². The SMILES string of the molecule is CCN(CC)c1ccc(N2CCN(C(=O)c3cccc(N(C)C)c3)CC2)nn1. The summed E-state index contributed by atoms with van der Waals surface area (Å²) in [6, 6.07) is 11.8. The normalized spacial score (nSPS) is 14.1. The van der Waals surface area contributed by atoms with Crippen LogP contribution in [0.15, 0.2) is 36.4 Å². The van der Waals surface area contributed by atoms with Crippen LogP contribution in [0.1, 0.15) is 24.2 Å². The zero-order valence-corrected chi connectivity index (χ0v) is 17.3. The van der Waals surface area contributed by atoms with E-state index in [0.29, 0.717) is 13.1 Å². The second-order valence-corrected chi connectivity index (χ2v) is 7.15. The molecule has 2 aromatic rings. The molecule has 0 aliphatic carbocycles. The molecule has 1 amide bonds. The van der Waals surface area contributed by atoms with E-state index >= 15 is 0 Å². The Labute approximate surface area is 167 Å². The molecule has 150 valence electrons. The molecule has 1 aromatic carbocycles. The van der Waals surface area contributed by atoms with Crippen molar-refractivity contribution in [3.63, 3.8) is 0 Å². The first-order valence-corrected chi connectivity index (χ1v) is 9.93. The summed E-state index contributed by atoms with van der Waals surface area (Å²) in [7, 11) is 3.96. The van der Waals surface area contributed by atoms with Gasteiger partial charge in [0.1, 0.15) is 0 Å². The molecule has 3 rings (SSSR count). The predicted octanol–water partition coefficient (Wildman–Crippen LogP) is 2.35. The summed E-state index contributed by atoms with van der Waals surface area (Å²) < 4.78 is 0. The number of carbonyl (C=O) groups excluding carboxylic acids is 1. The monoisotopic (exact) mass is 382 g/mol. The lowest BCUT2D eigenvalue weighted by Crippen LogP contribution is -2.49. The number of aromatic nitrogens is 2. The summed E-state index contributed by atoms with van der Waals surface area (Å²) >= 11 is 0. The van der Waals surface area contributed by atoms with E-state index in [2.05, 4.69) is 33.8 Å². The van der Waals surface area contributed by atoms with Crippen molar-refractivity contribution in [1.29, 1.82) is 0 Å². The van der Waals surface area contributed by atoms with Crippen molar-refractivity contribution in [3.8, 4) is 0 Å². The molecule has 0 saturated carbocycles. The number of rotatable bonds is 6. The van der Waals surface area contributed by atoms with Gasteiger partial charge in [0.15, 0.2) is 11.6 Å². The molecule has 28 heavy (non-hydrogen) atoms. The van der Waals surface area contributed by atoms with Gasteiger partial charge in [0.05, 0.1) is 0 Å². The molecule has 0 spiro atoms. The van der Waals surface area contributed by atoms with E-state index in [0.717, 1.165) is 49.1 Å². The van der Waals surface area contributed by atoms with Crippen molar-refractivity contribution >= 4 is 23.2 Å². The van der Waals surface area contributed by atoms with Gasteiger partial charge in [-0.25, -0.2) is 0 Å². The van der Waals surface area contributed by atoms with Crippen molar-refractivity contribution < 1.29 is 4.79 Å². The van der Waals surface area contributed by atoms with Gasteiger partial charge in [-0.1, -0.05) is 6.07 Å². The van der Waals surface area contributed by atoms with E-state index in [1.165, 1.54) is 0 Å². The van der Waals surface area contributed by atoms with Gasteiger partial charge in [0.25, 0.3) is 5.91 Å². The van der Waals surface area contributed by atoms with E-state index in [1.54, 1.807) is 0 Å². The van der Waals surface area contributed by atoms with Gasteiger partial charge >= 0.3 is 0 Å². The summed E-state index contributed by atoms with van der Waals surface area (Å²) in [5.41, 5.74) is 1.77.